The highest BCUT2D eigenvalue weighted by Gasteiger charge is 2.32. The molecule has 1 fully saturated rings. The van der Waals surface area contributed by atoms with Crippen molar-refractivity contribution < 1.29 is 5.11 Å². The Bertz CT molecular complexity index is 617. The van der Waals surface area contributed by atoms with Gasteiger partial charge in [0.15, 0.2) is 0 Å². The van der Waals surface area contributed by atoms with E-state index < -0.39 is 5.60 Å². The standard InChI is InChI=1S/C16H23N3OS/c1-2-11-5-7-16(20,8-6-11)9-18-12-3-4-13-15(14(12)17)19-10-21-13/h3-4,10-11,18,20H,2,5-9,17H2,1H3. The van der Waals surface area contributed by atoms with Gasteiger partial charge in [-0.2, -0.15) is 0 Å². The summed E-state index contributed by atoms with van der Waals surface area (Å²) in [6, 6.07) is 4.01. The fourth-order valence-corrected chi connectivity index (χ4v) is 3.86. The molecular formula is C16H23N3OS. The Kier molecular flexibility index (Phi) is 4.04. The van der Waals surface area contributed by atoms with Crippen molar-refractivity contribution in [1.29, 1.82) is 0 Å². The first kappa shape index (κ1) is 14.6. The normalized spacial score (nSPS) is 26.1. The van der Waals surface area contributed by atoms with Crippen LogP contribution >= 0.6 is 11.3 Å². The van der Waals surface area contributed by atoms with E-state index in [0.29, 0.717) is 12.2 Å². The highest BCUT2D eigenvalue weighted by Crippen LogP contribution is 2.35. The minimum absolute atomic E-state index is 0.559. The Labute approximate surface area is 129 Å². The van der Waals surface area contributed by atoms with E-state index in [2.05, 4.69) is 17.2 Å². The van der Waals surface area contributed by atoms with Crippen LogP contribution in [-0.4, -0.2) is 22.2 Å². The van der Waals surface area contributed by atoms with Crippen molar-refractivity contribution in [2.24, 2.45) is 5.92 Å². The molecule has 0 saturated heterocycles. The SMILES string of the molecule is CCC1CCC(O)(CNc2ccc3scnc3c2N)CC1. The third kappa shape index (κ3) is 2.99. The molecule has 114 valence electrons. The predicted molar refractivity (Wildman–Crippen MR) is 89.7 cm³/mol. The van der Waals surface area contributed by atoms with E-state index >= 15 is 0 Å². The number of hydrogen-bond acceptors (Lipinski definition) is 5. The number of nitrogens with zero attached hydrogens (tertiary/aromatic N) is 1. The molecular weight excluding hydrogens is 282 g/mol. The zero-order valence-electron chi connectivity index (χ0n) is 12.4. The molecule has 0 unspecified atom stereocenters. The van der Waals surface area contributed by atoms with Crippen molar-refractivity contribution in [3.63, 3.8) is 0 Å². The molecule has 1 saturated carbocycles. The Morgan fingerprint density at radius 2 is 2.19 bits per heavy atom. The van der Waals surface area contributed by atoms with Gasteiger partial charge in [0.2, 0.25) is 0 Å². The smallest absolute Gasteiger partial charge is 0.106 e. The lowest BCUT2D eigenvalue weighted by Crippen LogP contribution is -2.40. The van der Waals surface area contributed by atoms with Crippen LogP contribution in [0, 0.1) is 5.92 Å². The zero-order valence-corrected chi connectivity index (χ0v) is 13.2. The number of nitrogens with two attached hydrogens (primary N) is 1. The van der Waals surface area contributed by atoms with Gasteiger partial charge >= 0.3 is 0 Å². The number of benzene rings is 1. The largest absolute Gasteiger partial charge is 0.395 e. The Hall–Kier alpha value is -1.33. The number of hydrogen-bond donors (Lipinski definition) is 3. The molecule has 0 spiro atoms. The van der Waals surface area contributed by atoms with Crippen molar-refractivity contribution in [2.75, 3.05) is 17.6 Å². The van der Waals surface area contributed by atoms with Gasteiger partial charge in [0.1, 0.15) is 5.52 Å². The number of aromatic nitrogens is 1. The quantitative estimate of drug-likeness (QED) is 0.754. The van der Waals surface area contributed by atoms with Crippen molar-refractivity contribution in [2.45, 2.75) is 44.6 Å². The number of fused-ring (bicyclic) bond motifs is 1. The summed E-state index contributed by atoms with van der Waals surface area (Å²) in [5.41, 5.74) is 9.78. The second kappa shape index (κ2) is 5.81. The number of thiazole rings is 1. The van der Waals surface area contributed by atoms with Crippen LogP contribution in [0.2, 0.25) is 0 Å². The minimum Gasteiger partial charge on any atom is -0.395 e. The second-order valence-corrected chi connectivity index (χ2v) is 7.04. The van der Waals surface area contributed by atoms with Crippen LogP contribution in [0.1, 0.15) is 39.0 Å². The number of rotatable bonds is 4. The van der Waals surface area contributed by atoms with Crippen LogP contribution in [0.4, 0.5) is 11.4 Å². The van der Waals surface area contributed by atoms with Gasteiger partial charge in [-0.3, -0.25) is 0 Å². The van der Waals surface area contributed by atoms with Gasteiger partial charge in [-0.15, -0.1) is 11.3 Å². The molecule has 4 nitrogen and oxygen atoms in total. The molecule has 0 bridgehead atoms. The van der Waals surface area contributed by atoms with Crippen LogP contribution < -0.4 is 11.1 Å². The lowest BCUT2D eigenvalue weighted by molar-refractivity contribution is 0.00231. The lowest BCUT2D eigenvalue weighted by Gasteiger charge is -2.36. The van der Waals surface area contributed by atoms with E-state index in [9.17, 15) is 5.11 Å². The summed E-state index contributed by atoms with van der Waals surface area (Å²) in [7, 11) is 0. The third-order valence-electron chi connectivity index (χ3n) is 4.76. The molecule has 0 amide bonds. The molecule has 1 aromatic carbocycles. The molecule has 5 heteroatoms. The number of nitrogen functional groups attached to an aromatic ring is 1. The molecule has 1 aromatic heterocycles. The molecule has 1 heterocycles. The molecule has 3 rings (SSSR count). The van der Waals surface area contributed by atoms with Gasteiger partial charge < -0.3 is 16.2 Å². The second-order valence-electron chi connectivity index (χ2n) is 6.16. The van der Waals surface area contributed by atoms with Gasteiger partial charge in [-0.25, -0.2) is 4.98 Å². The Balaban J connectivity index is 1.67. The fourth-order valence-electron chi connectivity index (χ4n) is 3.17. The molecule has 1 aliphatic carbocycles. The van der Waals surface area contributed by atoms with Crippen molar-refractivity contribution in [1.82, 2.24) is 4.98 Å². The van der Waals surface area contributed by atoms with E-state index in [1.165, 1.54) is 6.42 Å². The maximum absolute atomic E-state index is 10.7. The summed E-state index contributed by atoms with van der Waals surface area (Å²) in [6.07, 6.45) is 5.20. The molecule has 0 atom stereocenters. The van der Waals surface area contributed by atoms with Crippen LogP contribution in [0.3, 0.4) is 0 Å². The summed E-state index contributed by atoms with van der Waals surface area (Å²) in [5.74, 6) is 0.779. The summed E-state index contributed by atoms with van der Waals surface area (Å²) < 4.78 is 1.10. The first-order chi connectivity index (χ1) is 10.1. The highest BCUT2D eigenvalue weighted by atomic mass is 32.1. The number of nitrogens with one attached hydrogen (secondary N) is 1. The fraction of sp³-hybridized carbons (Fsp3) is 0.562. The van der Waals surface area contributed by atoms with Crippen LogP contribution in [0.25, 0.3) is 10.2 Å². The number of aliphatic hydroxyl groups is 1. The summed E-state index contributed by atoms with van der Waals surface area (Å²) in [4.78, 5) is 4.30. The zero-order chi connectivity index (χ0) is 14.9. The van der Waals surface area contributed by atoms with Gasteiger partial charge in [0.25, 0.3) is 0 Å². The average molecular weight is 305 g/mol. The van der Waals surface area contributed by atoms with E-state index in [-0.39, 0.29) is 0 Å². The average Bonchev–Trinajstić information content (AvgIpc) is 2.97. The Morgan fingerprint density at radius 1 is 1.43 bits per heavy atom. The summed E-state index contributed by atoms with van der Waals surface area (Å²) in [5, 5.41) is 14.0. The first-order valence-corrected chi connectivity index (χ1v) is 8.57. The molecule has 2 aromatic rings. The maximum Gasteiger partial charge on any atom is 0.106 e. The highest BCUT2D eigenvalue weighted by molar-refractivity contribution is 7.16. The summed E-state index contributed by atoms with van der Waals surface area (Å²) >= 11 is 1.59. The first-order valence-electron chi connectivity index (χ1n) is 7.69. The van der Waals surface area contributed by atoms with Crippen molar-refractivity contribution in [3.8, 4) is 0 Å². The molecule has 0 aliphatic heterocycles. The monoisotopic (exact) mass is 305 g/mol. The predicted octanol–water partition coefficient (Wildman–Crippen LogP) is 3.62. The molecule has 0 radical (unpaired) electrons. The van der Waals surface area contributed by atoms with Gasteiger partial charge in [-0.1, -0.05) is 13.3 Å². The molecule has 1 aliphatic rings. The minimum atomic E-state index is -0.602. The van der Waals surface area contributed by atoms with Crippen LogP contribution in [-0.2, 0) is 0 Å². The van der Waals surface area contributed by atoms with E-state index in [0.717, 1.165) is 47.5 Å². The van der Waals surface area contributed by atoms with Crippen molar-refractivity contribution in [3.05, 3.63) is 17.6 Å². The topological polar surface area (TPSA) is 71.2 Å². The van der Waals surface area contributed by atoms with E-state index in [1.54, 1.807) is 11.3 Å². The van der Waals surface area contributed by atoms with E-state index in [1.807, 2.05) is 17.6 Å². The van der Waals surface area contributed by atoms with Gasteiger partial charge in [0, 0.05) is 6.54 Å². The summed E-state index contributed by atoms with van der Waals surface area (Å²) in [6.45, 7) is 2.79. The van der Waals surface area contributed by atoms with Crippen LogP contribution in [0.5, 0.6) is 0 Å². The lowest BCUT2D eigenvalue weighted by atomic mass is 9.78. The van der Waals surface area contributed by atoms with Crippen molar-refractivity contribution >= 4 is 32.9 Å². The molecule has 4 N–H and O–H groups in total. The van der Waals surface area contributed by atoms with Gasteiger partial charge in [0.05, 0.1) is 27.2 Å². The molecule has 21 heavy (non-hydrogen) atoms. The third-order valence-corrected chi connectivity index (χ3v) is 5.56. The number of anilines is 2. The Morgan fingerprint density at radius 3 is 2.90 bits per heavy atom. The van der Waals surface area contributed by atoms with Gasteiger partial charge in [-0.05, 0) is 43.7 Å². The van der Waals surface area contributed by atoms with E-state index in [4.69, 9.17) is 5.73 Å². The maximum atomic E-state index is 10.7. The van der Waals surface area contributed by atoms with Crippen LogP contribution in [0.15, 0.2) is 17.6 Å².